The number of halogens is 1. The fraction of sp³-hybridized carbons (Fsp3) is 0.269. The number of rotatable bonds is 8. The average molecular weight is 513 g/mol. The summed E-state index contributed by atoms with van der Waals surface area (Å²) in [5.41, 5.74) is 2.08. The minimum absolute atomic E-state index is 0.0118. The third-order valence-electron chi connectivity index (χ3n) is 5.69. The number of fused-ring (bicyclic) bond motifs is 1. The molecule has 7 nitrogen and oxygen atoms in total. The Morgan fingerprint density at radius 2 is 1.86 bits per heavy atom. The highest BCUT2D eigenvalue weighted by molar-refractivity contribution is 8.00. The SMILES string of the molecule is C/C=C(/Cl)C1=C(C(=O)OCc2ccc(OC)cc2)N2C(=O)C[C@H]2SC1NC(=O)Cc1ccccc1. The number of carbonyl (C=O) groups excluding carboxylic acids is 3. The monoisotopic (exact) mass is 512 g/mol. The zero-order chi connectivity index (χ0) is 24.9. The third-order valence-corrected chi connectivity index (χ3v) is 7.43. The van der Waals surface area contributed by atoms with E-state index in [0.717, 1.165) is 11.1 Å². The maximum absolute atomic E-state index is 13.3. The molecule has 2 atom stereocenters. The van der Waals surface area contributed by atoms with Gasteiger partial charge in [0, 0.05) is 10.6 Å². The number of methoxy groups -OCH3 is 1. The van der Waals surface area contributed by atoms with Crippen molar-refractivity contribution in [2.45, 2.75) is 37.1 Å². The molecule has 2 heterocycles. The molecule has 0 aromatic heterocycles. The number of carbonyl (C=O) groups is 3. The number of hydrogen-bond acceptors (Lipinski definition) is 6. The Bertz CT molecular complexity index is 1180. The molecular formula is C26H25ClN2O5S. The summed E-state index contributed by atoms with van der Waals surface area (Å²) in [6, 6.07) is 16.5. The summed E-state index contributed by atoms with van der Waals surface area (Å²) in [5.74, 6) is -0.378. The van der Waals surface area contributed by atoms with Crippen LogP contribution in [0.25, 0.3) is 0 Å². The summed E-state index contributed by atoms with van der Waals surface area (Å²) < 4.78 is 10.7. The maximum atomic E-state index is 13.3. The van der Waals surface area contributed by atoms with E-state index in [9.17, 15) is 14.4 Å². The normalized spacial score (nSPS) is 19.6. The van der Waals surface area contributed by atoms with Gasteiger partial charge < -0.3 is 14.8 Å². The van der Waals surface area contributed by atoms with Crippen LogP contribution in [-0.2, 0) is 32.1 Å². The van der Waals surface area contributed by atoms with Crippen molar-refractivity contribution in [2.75, 3.05) is 7.11 Å². The van der Waals surface area contributed by atoms with Crippen LogP contribution in [0.4, 0.5) is 0 Å². The Balaban J connectivity index is 1.59. The van der Waals surface area contributed by atoms with Crippen LogP contribution in [0.1, 0.15) is 24.5 Å². The summed E-state index contributed by atoms with van der Waals surface area (Å²) in [6.45, 7) is 1.74. The van der Waals surface area contributed by atoms with Crippen molar-refractivity contribution in [2.24, 2.45) is 0 Å². The van der Waals surface area contributed by atoms with Crippen LogP contribution in [0.15, 0.2) is 77.0 Å². The van der Waals surface area contributed by atoms with E-state index in [-0.39, 0.29) is 47.4 Å². The highest BCUT2D eigenvalue weighted by Crippen LogP contribution is 2.46. The first-order valence-electron chi connectivity index (χ1n) is 11.1. The van der Waals surface area contributed by atoms with Crippen molar-refractivity contribution < 1.29 is 23.9 Å². The lowest BCUT2D eigenvalue weighted by Gasteiger charge is -2.47. The standard InChI is InChI=1S/C26H25ClN2O5S/c1-3-19(27)23-24(26(32)34-15-17-9-11-18(33-2)12-10-17)29-21(31)14-22(29)35-25(23)28-20(30)13-16-7-5-4-6-8-16/h3-12,22,25H,13-15H2,1-2H3,(H,28,30)/b19-3+/t22-,25?/m1/s1. The number of esters is 1. The molecule has 0 aliphatic carbocycles. The molecule has 2 aliphatic heterocycles. The number of nitrogens with one attached hydrogen (secondary N) is 1. The van der Waals surface area contributed by atoms with Crippen molar-refractivity contribution in [3.8, 4) is 5.75 Å². The molecule has 0 bridgehead atoms. The Kier molecular flexibility index (Phi) is 7.83. The van der Waals surface area contributed by atoms with Crippen molar-refractivity contribution in [3.05, 3.63) is 88.1 Å². The molecule has 1 saturated heterocycles. The van der Waals surface area contributed by atoms with E-state index >= 15 is 0 Å². The quantitative estimate of drug-likeness (QED) is 0.423. The Hall–Kier alpha value is -3.23. The van der Waals surface area contributed by atoms with Crippen LogP contribution < -0.4 is 10.1 Å². The summed E-state index contributed by atoms with van der Waals surface area (Å²) in [4.78, 5) is 40.0. The molecule has 9 heteroatoms. The molecule has 0 spiro atoms. The molecular weight excluding hydrogens is 488 g/mol. The molecule has 2 aromatic carbocycles. The minimum atomic E-state index is -0.670. The van der Waals surface area contributed by atoms with Crippen LogP contribution >= 0.6 is 23.4 Å². The fourth-order valence-electron chi connectivity index (χ4n) is 3.87. The lowest BCUT2D eigenvalue weighted by atomic mass is 10.1. The van der Waals surface area contributed by atoms with Crippen LogP contribution in [0.2, 0.25) is 0 Å². The summed E-state index contributed by atoms with van der Waals surface area (Å²) >= 11 is 7.92. The number of hydrogen-bond donors (Lipinski definition) is 1. The number of amides is 2. The zero-order valence-electron chi connectivity index (χ0n) is 19.3. The molecule has 1 unspecified atom stereocenters. The predicted molar refractivity (Wildman–Crippen MR) is 134 cm³/mol. The van der Waals surface area contributed by atoms with Crippen molar-refractivity contribution in [1.29, 1.82) is 0 Å². The number of ether oxygens (including phenoxy) is 2. The fourth-order valence-corrected chi connectivity index (χ4v) is 5.60. The van der Waals surface area contributed by atoms with Crippen LogP contribution in [0.3, 0.4) is 0 Å². The highest BCUT2D eigenvalue weighted by atomic mass is 35.5. The second kappa shape index (κ2) is 11.0. The topological polar surface area (TPSA) is 84.9 Å². The molecule has 2 aromatic rings. The van der Waals surface area contributed by atoms with Gasteiger partial charge in [0.05, 0.1) is 25.3 Å². The Morgan fingerprint density at radius 3 is 2.49 bits per heavy atom. The lowest BCUT2D eigenvalue weighted by molar-refractivity contribution is -0.150. The molecule has 35 heavy (non-hydrogen) atoms. The van der Waals surface area contributed by atoms with E-state index in [4.69, 9.17) is 21.1 Å². The van der Waals surface area contributed by atoms with Gasteiger partial charge in [-0.15, -0.1) is 11.8 Å². The molecule has 4 rings (SSSR count). The van der Waals surface area contributed by atoms with E-state index in [1.165, 1.54) is 16.7 Å². The molecule has 0 saturated carbocycles. The van der Waals surface area contributed by atoms with E-state index in [2.05, 4.69) is 5.32 Å². The van der Waals surface area contributed by atoms with Gasteiger partial charge in [-0.2, -0.15) is 0 Å². The van der Waals surface area contributed by atoms with Gasteiger partial charge in [-0.3, -0.25) is 14.5 Å². The van der Waals surface area contributed by atoms with Crippen LogP contribution in [0, 0.1) is 0 Å². The smallest absolute Gasteiger partial charge is 0.355 e. The van der Waals surface area contributed by atoms with Gasteiger partial charge in [-0.25, -0.2) is 4.79 Å². The molecule has 0 radical (unpaired) electrons. The number of benzene rings is 2. The van der Waals surface area contributed by atoms with Gasteiger partial charge >= 0.3 is 5.97 Å². The van der Waals surface area contributed by atoms with Crippen molar-refractivity contribution in [3.63, 3.8) is 0 Å². The summed E-state index contributed by atoms with van der Waals surface area (Å²) in [7, 11) is 1.57. The minimum Gasteiger partial charge on any atom is -0.497 e. The first kappa shape index (κ1) is 24.9. The van der Waals surface area contributed by atoms with Crippen molar-refractivity contribution in [1.82, 2.24) is 10.2 Å². The van der Waals surface area contributed by atoms with Gasteiger partial charge in [0.15, 0.2) is 0 Å². The molecule has 2 amide bonds. The average Bonchev–Trinajstić information content (AvgIpc) is 2.86. The molecule has 1 fully saturated rings. The highest BCUT2D eigenvalue weighted by Gasteiger charge is 2.49. The van der Waals surface area contributed by atoms with Gasteiger partial charge in [-0.1, -0.05) is 60.1 Å². The van der Waals surface area contributed by atoms with E-state index < -0.39 is 11.3 Å². The largest absolute Gasteiger partial charge is 0.497 e. The maximum Gasteiger partial charge on any atom is 0.355 e. The molecule has 2 aliphatic rings. The lowest BCUT2D eigenvalue weighted by Crippen LogP contribution is -2.57. The first-order valence-corrected chi connectivity index (χ1v) is 12.4. The van der Waals surface area contributed by atoms with E-state index in [0.29, 0.717) is 11.3 Å². The summed E-state index contributed by atoms with van der Waals surface area (Å²) in [5, 5.41) is 2.38. The number of β-lactam (4-membered cyclic amide) rings is 1. The molecule has 182 valence electrons. The second-order valence-corrected chi connectivity index (χ2v) is 9.69. The Labute approximate surface area is 213 Å². The molecule has 1 N–H and O–H groups in total. The van der Waals surface area contributed by atoms with Crippen LogP contribution in [0.5, 0.6) is 5.75 Å². The Morgan fingerprint density at radius 1 is 1.14 bits per heavy atom. The second-order valence-electron chi connectivity index (χ2n) is 7.99. The number of allylic oxidation sites excluding steroid dienone is 1. The number of thioether (sulfide) groups is 1. The van der Waals surface area contributed by atoms with Gasteiger partial charge in [0.25, 0.3) is 0 Å². The van der Waals surface area contributed by atoms with E-state index in [1.54, 1.807) is 44.4 Å². The first-order chi connectivity index (χ1) is 16.9. The summed E-state index contributed by atoms with van der Waals surface area (Å²) in [6.07, 6.45) is 2.09. The number of nitrogens with zero attached hydrogens (tertiary/aromatic N) is 1. The van der Waals surface area contributed by atoms with Gasteiger partial charge in [-0.05, 0) is 30.2 Å². The van der Waals surface area contributed by atoms with Crippen molar-refractivity contribution >= 4 is 41.1 Å². The predicted octanol–water partition coefficient (Wildman–Crippen LogP) is 4.13. The zero-order valence-corrected chi connectivity index (χ0v) is 20.9. The van der Waals surface area contributed by atoms with Gasteiger partial charge in [0.2, 0.25) is 11.8 Å². The van der Waals surface area contributed by atoms with Crippen LogP contribution in [-0.4, -0.2) is 40.5 Å². The third kappa shape index (κ3) is 5.55. The van der Waals surface area contributed by atoms with Gasteiger partial charge in [0.1, 0.15) is 23.4 Å². The van der Waals surface area contributed by atoms with E-state index in [1.807, 2.05) is 30.3 Å².